The maximum Gasteiger partial charge on any atom is 0.0802 e. The van der Waals surface area contributed by atoms with Gasteiger partial charge < -0.3 is 10.0 Å². The molecular weight excluding hydrogens is 284 g/mol. The Balaban J connectivity index is 1.74. The third-order valence-corrected chi connectivity index (χ3v) is 3.78. The van der Waals surface area contributed by atoms with Crippen molar-refractivity contribution in [1.82, 2.24) is 9.88 Å². The lowest BCUT2D eigenvalue weighted by Gasteiger charge is -2.19. The van der Waals surface area contributed by atoms with Crippen LogP contribution in [0.15, 0.2) is 48.8 Å². The van der Waals surface area contributed by atoms with Gasteiger partial charge in [0.05, 0.1) is 6.10 Å². The molecule has 0 amide bonds. The standard InChI is InChI=1S/C17H21ClN2O/c1-20(11-7-14-5-9-19-10-6-14)12-8-17(21)15-3-2-4-16(18)13-15/h2-6,9-10,13,17,21H,7-8,11-12H2,1H3. The van der Waals surface area contributed by atoms with Crippen LogP contribution in [0, 0.1) is 0 Å². The first-order valence-corrected chi connectivity index (χ1v) is 7.54. The van der Waals surface area contributed by atoms with Crippen LogP contribution in [-0.4, -0.2) is 35.1 Å². The number of hydrogen-bond acceptors (Lipinski definition) is 3. The summed E-state index contributed by atoms with van der Waals surface area (Å²) in [4.78, 5) is 6.25. The Labute approximate surface area is 131 Å². The van der Waals surface area contributed by atoms with Crippen LogP contribution >= 0.6 is 11.6 Å². The largest absolute Gasteiger partial charge is 0.388 e. The maximum atomic E-state index is 10.2. The van der Waals surface area contributed by atoms with E-state index in [0.29, 0.717) is 11.4 Å². The molecule has 1 unspecified atom stereocenters. The minimum Gasteiger partial charge on any atom is -0.388 e. The van der Waals surface area contributed by atoms with Crippen molar-refractivity contribution < 1.29 is 5.11 Å². The van der Waals surface area contributed by atoms with Gasteiger partial charge in [-0.05, 0) is 55.3 Å². The van der Waals surface area contributed by atoms with E-state index in [1.807, 2.05) is 48.8 Å². The molecule has 0 saturated heterocycles. The predicted molar refractivity (Wildman–Crippen MR) is 86.5 cm³/mol. The average molecular weight is 305 g/mol. The molecular formula is C17H21ClN2O. The van der Waals surface area contributed by atoms with Crippen molar-refractivity contribution in [1.29, 1.82) is 0 Å². The fourth-order valence-corrected chi connectivity index (χ4v) is 2.40. The second-order valence-corrected chi connectivity index (χ2v) is 5.70. The lowest BCUT2D eigenvalue weighted by Crippen LogP contribution is -2.23. The van der Waals surface area contributed by atoms with Gasteiger partial charge in [0.15, 0.2) is 0 Å². The van der Waals surface area contributed by atoms with E-state index in [-0.39, 0.29) is 0 Å². The zero-order valence-corrected chi connectivity index (χ0v) is 13.0. The molecule has 1 N–H and O–H groups in total. The summed E-state index contributed by atoms with van der Waals surface area (Å²) >= 11 is 5.94. The quantitative estimate of drug-likeness (QED) is 0.852. The average Bonchev–Trinajstić information content (AvgIpc) is 2.51. The summed E-state index contributed by atoms with van der Waals surface area (Å²) in [7, 11) is 2.08. The second kappa shape index (κ2) is 8.13. The van der Waals surface area contributed by atoms with E-state index in [1.165, 1.54) is 5.56 Å². The highest BCUT2D eigenvalue weighted by Crippen LogP contribution is 2.20. The summed E-state index contributed by atoms with van der Waals surface area (Å²) in [5.74, 6) is 0. The molecule has 2 rings (SSSR count). The highest BCUT2D eigenvalue weighted by atomic mass is 35.5. The molecule has 2 aromatic rings. The van der Waals surface area contributed by atoms with Gasteiger partial charge in [-0.25, -0.2) is 0 Å². The number of hydrogen-bond donors (Lipinski definition) is 1. The third kappa shape index (κ3) is 5.46. The molecule has 0 spiro atoms. The fraction of sp³-hybridized carbons (Fsp3) is 0.353. The van der Waals surface area contributed by atoms with Gasteiger partial charge in [0.1, 0.15) is 0 Å². The zero-order valence-electron chi connectivity index (χ0n) is 12.2. The van der Waals surface area contributed by atoms with Crippen molar-refractivity contribution >= 4 is 11.6 Å². The van der Waals surface area contributed by atoms with E-state index in [9.17, 15) is 5.11 Å². The van der Waals surface area contributed by atoms with Crippen molar-refractivity contribution in [2.24, 2.45) is 0 Å². The molecule has 0 saturated carbocycles. The van der Waals surface area contributed by atoms with Gasteiger partial charge in [0.25, 0.3) is 0 Å². The van der Waals surface area contributed by atoms with Crippen LogP contribution in [0.4, 0.5) is 0 Å². The second-order valence-electron chi connectivity index (χ2n) is 5.27. The Hall–Kier alpha value is -1.42. The summed E-state index contributed by atoms with van der Waals surface area (Å²) in [6, 6.07) is 11.5. The summed E-state index contributed by atoms with van der Waals surface area (Å²) in [6.07, 6.45) is 4.86. The monoisotopic (exact) mass is 304 g/mol. The van der Waals surface area contributed by atoms with Crippen molar-refractivity contribution in [3.8, 4) is 0 Å². The molecule has 4 heteroatoms. The van der Waals surface area contributed by atoms with Gasteiger partial charge in [-0.2, -0.15) is 0 Å². The van der Waals surface area contributed by atoms with Crippen LogP contribution in [0.5, 0.6) is 0 Å². The number of pyridine rings is 1. The van der Waals surface area contributed by atoms with Gasteiger partial charge in [-0.1, -0.05) is 23.7 Å². The van der Waals surface area contributed by atoms with Crippen molar-refractivity contribution in [3.63, 3.8) is 0 Å². The van der Waals surface area contributed by atoms with Crippen LogP contribution in [0.2, 0.25) is 5.02 Å². The summed E-state index contributed by atoms with van der Waals surface area (Å²) < 4.78 is 0. The Kier molecular flexibility index (Phi) is 6.18. The molecule has 0 aliphatic carbocycles. The SMILES string of the molecule is CN(CCc1ccncc1)CCC(O)c1cccc(Cl)c1. The van der Waals surface area contributed by atoms with E-state index >= 15 is 0 Å². The fourth-order valence-electron chi connectivity index (χ4n) is 2.20. The van der Waals surface area contributed by atoms with Crippen molar-refractivity contribution in [2.45, 2.75) is 18.9 Å². The number of aromatic nitrogens is 1. The number of aliphatic hydroxyl groups excluding tert-OH is 1. The number of aliphatic hydroxyl groups is 1. The van der Waals surface area contributed by atoms with Crippen LogP contribution in [-0.2, 0) is 6.42 Å². The first-order valence-electron chi connectivity index (χ1n) is 7.16. The van der Waals surface area contributed by atoms with Crippen LogP contribution < -0.4 is 0 Å². The van der Waals surface area contributed by atoms with E-state index in [0.717, 1.165) is 25.1 Å². The topological polar surface area (TPSA) is 36.4 Å². The summed E-state index contributed by atoms with van der Waals surface area (Å²) in [5.41, 5.74) is 2.16. The maximum absolute atomic E-state index is 10.2. The smallest absolute Gasteiger partial charge is 0.0802 e. The molecule has 1 heterocycles. The molecule has 1 aromatic carbocycles. The normalized spacial score (nSPS) is 12.6. The molecule has 0 fully saturated rings. The lowest BCUT2D eigenvalue weighted by atomic mass is 10.1. The minimum atomic E-state index is -0.466. The molecule has 0 bridgehead atoms. The Morgan fingerprint density at radius 2 is 1.95 bits per heavy atom. The van der Waals surface area contributed by atoms with Gasteiger partial charge >= 0.3 is 0 Å². The van der Waals surface area contributed by atoms with Crippen molar-refractivity contribution in [2.75, 3.05) is 20.1 Å². The molecule has 1 atom stereocenters. The number of benzene rings is 1. The van der Waals surface area contributed by atoms with Crippen LogP contribution in [0.3, 0.4) is 0 Å². The summed E-state index contributed by atoms with van der Waals surface area (Å²) in [6.45, 7) is 1.81. The van der Waals surface area contributed by atoms with Crippen LogP contribution in [0.1, 0.15) is 23.7 Å². The van der Waals surface area contributed by atoms with E-state index in [2.05, 4.69) is 16.9 Å². The zero-order chi connectivity index (χ0) is 15.1. The highest BCUT2D eigenvalue weighted by Gasteiger charge is 2.09. The van der Waals surface area contributed by atoms with E-state index in [4.69, 9.17) is 11.6 Å². The minimum absolute atomic E-state index is 0.466. The lowest BCUT2D eigenvalue weighted by molar-refractivity contribution is 0.149. The van der Waals surface area contributed by atoms with Gasteiger partial charge in [-0.3, -0.25) is 4.98 Å². The van der Waals surface area contributed by atoms with Gasteiger partial charge in [0, 0.05) is 30.5 Å². The Morgan fingerprint density at radius 1 is 1.19 bits per heavy atom. The molecule has 112 valence electrons. The number of likely N-dealkylation sites (N-methyl/N-ethyl adjacent to an activating group) is 1. The molecule has 0 aliphatic rings. The Bertz CT molecular complexity index is 547. The van der Waals surface area contributed by atoms with Gasteiger partial charge in [-0.15, -0.1) is 0 Å². The number of halogens is 1. The Morgan fingerprint density at radius 3 is 2.67 bits per heavy atom. The molecule has 1 aromatic heterocycles. The van der Waals surface area contributed by atoms with Crippen molar-refractivity contribution in [3.05, 3.63) is 64.9 Å². The first-order chi connectivity index (χ1) is 10.1. The molecule has 0 aliphatic heterocycles. The van der Waals surface area contributed by atoms with Crippen LogP contribution in [0.25, 0.3) is 0 Å². The van der Waals surface area contributed by atoms with Gasteiger partial charge in [0.2, 0.25) is 0 Å². The van der Waals surface area contributed by atoms with E-state index in [1.54, 1.807) is 0 Å². The summed E-state index contributed by atoms with van der Waals surface area (Å²) in [5, 5.41) is 10.8. The first kappa shape index (κ1) is 16.0. The third-order valence-electron chi connectivity index (χ3n) is 3.55. The predicted octanol–water partition coefficient (Wildman–Crippen LogP) is 3.33. The molecule has 21 heavy (non-hydrogen) atoms. The number of rotatable bonds is 7. The molecule has 0 radical (unpaired) electrons. The highest BCUT2D eigenvalue weighted by molar-refractivity contribution is 6.30. The number of nitrogens with zero attached hydrogens (tertiary/aromatic N) is 2. The van der Waals surface area contributed by atoms with E-state index < -0.39 is 6.10 Å². The molecule has 3 nitrogen and oxygen atoms in total.